The lowest BCUT2D eigenvalue weighted by Gasteiger charge is -2.09. The minimum atomic E-state index is 0.723. The van der Waals surface area contributed by atoms with Crippen LogP contribution in [0.1, 0.15) is 0 Å². The summed E-state index contributed by atoms with van der Waals surface area (Å²) in [6, 6.07) is 40.5. The molecule has 3 aromatic heterocycles. The van der Waals surface area contributed by atoms with Gasteiger partial charge < -0.3 is 9.13 Å². The Balaban J connectivity index is 1.45. The van der Waals surface area contributed by atoms with Gasteiger partial charge in [-0.15, -0.1) is 0 Å². The number of aromatic nitrogens is 4. The van der Waals surface area contributed by atoms with Crippen LogP contribution in [0.25, 0.3) is 66.2 Å². The summed E-state index contributed by atoms with van der Waals surface area (Å²) in [5.41, 5.74) is 6.54. The Morgan fingerprint density at radius 1 is 0.500 bits per heavy atom. The summed E-state index contributed by atoms with van der Waals surface area (Å²) in [5.74, 6) is 0.723. The molecule has 0 saturated heterocycles. The van der Waals surface area contributed by atoms with Crippen LogP contribution in [0, 0.1) is 0 Å². The molecule has 178 valence electrons. The quantitative estimate of drug-likeness (QED) is 0.252. The van der Waals surface area contributed by atoms with E-state index in [-0.39, 0.29) is 0 Å². The maximum Gasteiger partial charge on any atom is 0.159 e. The molecule has 0 aliphatic rings. The number of hydrogen-bond acceptors (Lipinski definition) is 2. The van der Waals surface area contributed by atoms with Crippen molar-refractivity contribution in [3.05, 3.63) is 134 Å². The zero-order valence-electron chi connectivity index (χ0n) is 20.5. The second kappa shape index (κ2) is 8.15. The molecule has 0 atom stereocenters. The van der Waals surface area contributed by atoms with E-state index < -0.39 is 0 Å². The predicted molar refractivity (Wildman–Crippen MR) is 156 cm³/mol. The third-order valence-corrected chi connectivity index (χ3v) is 7.43. The van der Waals surface area contributed by atoms with Gasteiger partial charge in [0.25, 0.3) is 0 Å². The van der Waals surface area contributed by atoms with Crippen LogP contribution >= 0.6 is 0 Å². The third kappa shape index (κ3) is 3.10. The first-order chi connectivity index (χ1) is 18.8. The SMILES string of the molecule is c1ccc(-c2ncc(-n3c4cc5c(ccn5-c5ccccc5)cc4c4c5ccccc5ccc43)cn2)cc1. The van der Waals surface area contributed by atoms with E-state index in [9.17, 15) is 0 Å². The van der Waals surface area contributed by atoms with Crippen LogP contribution in [0.15, 0.2) is 134 Å². The first kappa shape index (κ1) is 20.9. The summed E-state index contributed by atoms with van der Waals surface area (Å²) in [7, 11) is 0. The standard InChI is InChI=1S/C34H22N4/c1-3-10-24(11-4-1)34-35-21-27(22-36-34)38-30-16-15-23-9-7-8-14-28(23)33(30)29-19-25-17-18-37(31(25)20-32(29)38)26-12-5-2-6-13-26/h1-22H. The number of para-hydroxylation sites is 1. The second-order valence-electron chi connectivity index (χ2n) is 9.60. The van der Waals surface area contributed by atoms with Crippen molar-refractivity contribution in [1.29, 1.82) is 0 Å². The van der Waals surface area contributed by atoms with Crippen molar-refractivity contribution in [3.8, 4) is 22.8 Å². The highest BCUT2D eigenvalue weighted by atomic mass is 15.0. The van der Waals surface area contributed by atoms with Gasteiger partial charge in [0, 0.05) is 33.6 Å². The van der Waals surface area contributed by atoms with Crippen molar-refractivity contribution in [2.24, 2.45) is 0 Å². The van der Waals surface area contributed by atoms with E-state index in [1.807, 2.05) is 42.7 Å². The van der Waals surface area contributed by atoms with Gasteiger partial charge >= 0.3 is 0 Å². The fourth-order valence-electron chi connectivity index (χ4n) is 5.68. The highest BCUT2D eigenvalue weighted by molar-refractivity contribution is 6.23. The Kier molecular flexibility index (Phi) is 4.49. The van der Waals surface area contributed by atoms with Crippen molar-refractivity contribution >= 4 is 43.5 Å². The number of hydrogen-bond donors (Lipinski definition) is 0. The van der Waals surface area contributed by atoms with Crippen LogP contribution in [0.3, 0.4) is 0 Å². The van der Waals surface area contributed by atoms with E-state index in [1.54, 1.807) is 0 Å². The number of benzene rings is 5. The van der Waals surface area contributed by atoms with E-state index in [0.717, 1.165) is 33.8 Å². The minimum absolute atomic E-state index is 0.723. The van der Waals surface area contributed by atoms with Crippen molar-refractivity contribution in [2.75, 3.05) is 0 Å². The second-order valence-corrected chi connectivity index (χ2v) is 9.60. The van der Waals surface area contributed by atoms with Gasteiger partial charge in [0.05, 0.1) is 34.6 Å². The Morgan fingerprint density at radius 2 is 1.24 bits per heavy atom. The predicted octanol–water partition coefficient (Wildman–Crippen LogP) is 8.34. The average molecular weight is 487 g/mol. The van der Waals surface area contributed by atoms with Crippen molar-refractivity contribution in [3.63, 3.8) is 0 Å². The summed E-state index contributed by atoms with van der Waals surface area (Å²) in [5, 5.41) is 6.17. The van der Waals surface area contributed by atoms with Gasteiger partial charge in [-0.3, -0.25) is 0 Å². The molecule has 0 radical (unpaired) electrons. The molecule has 0 spiro atoms. The zero-order chi connectivity index (χ0) is 25.1. The number of fused-ring (bicyclic) bond motifs is 6. The fraction of sp³-hybridized carbons (Fsp3) is 0. The molecular weight excluding hydrogens is 464 g/mol. The molecule has 8 rings (SSSR count). The maximum absolute atomic E-state index is 4.76. The van der Waals surface area contributed by atoms with Crippen LogP contribution in [-0.2, 0) is 0 Å². The smallest absolute Gasteiger partial charge is 0.159 e. The largest absolute Gasteiger partial charge is 0.316 e. The maximum atomic E-state index is 4.76. The van der Waals surface area contributed by atoms with Crippen molar-refractivity contribution < 1.29 is 0 Å². The summed E-state index contributed by atoms with van der Waals surface area (Å²) < 4.78 is 4.55. The topological polar surface area (TPSA) is 35.6 Å². The molecule has 0 unspecified atom stereocenters. The molecule has 4 nitrogen and oxygen atoms in total. The van der Waals surface area contributed by atoms with Gasteiger partial charge in [0.2, 0.25) is 0 Å². The van der Waals surface area contributed by atoms with E-state index in [1.165, 1.54) is 32.4 Å². The van der Waals surface area contributed by atoms with E-state index in [2.05, 4.69) is 100 Å². The summed E-state index contributed by atoms with van der Waals surface area (Å²) >= 11 is 0. The van der Waals surface area contributed by atoms with E-state index in [0.29, 0.717) is 0 Å². The van der Waals surface area contributed by atoms with E-state index >= 15 is 0 Å². The van der Waals surface area contributed by atoms with Crippen molar-refractivity contribution in [2.45, 2.75) is 0 Å². The molecule has 5 aromatic carbocycles. The first-order valence-corrected chi connectivity index (χ1v) is 12.8. The van der Waals surface area contributed by atoms with Crippen molar-refractivity contribution in [1.82, 2.24) is 19.1 Å². The fourth-order valence-corrected chi connectivity index (χ4v) is 5.68. The molecule has 0 saturated carbocycles. The summed E-state index contributed by atoms with van der Waals surface area (Å²) in [4.78, 5) is 9.52. The lowest BCUT2D eigenvalue weighted by atomic mass is 10.0. The highest BCUT2D eigenvalue weighted by Crippen LogP contribution is 2.39. The molecule has 3 heterocycles. The number of nitrogens with zero attached hydrogens (tertiary/aromatic N) is 4. The van der Waals surface area contributed by atoms with Crippen LogP contribution < -0.4 is 0 Å². The molecule has 8 aromatic rings. The minimum Gasteiger partial charge on any atom is -0.316 e. The normalized spacial score (nSPS) is 11.7. The summed E-state index contributed by atoms with van der Waals surface area (Å²) in [6.07, 6.45) is 6.02. The van der Waals surface area contributed by atoms with Gasteiger partial charge in [-0.2, -0.15) is 0 Å². The van der Waals surface area contributed by atoms with Gasteiger partial charge in [-0.1, -0.05) is 78.9 Å². The Bertz CT molecular complexity index is 2100. The molecule has 0 fully saturated rings. The Hall–Kier alpha value is -5.22. The molecule has 0 aliphatic heterocycles. The Morgan fingerprint density at radius 3 is 2.05 bits per heavy atom. The molecule has 0 amide bonds. The first-order valence-electron chi connectivity index (χ1n) is 12.8. The molecular formula is C34H22N4. The zero-order valence-corrected chi connectivity index (χ0v) is 20.5. The van der Waals surface area contributed by atoms with Crippen LogP contribution in [0.5, 0.6) is 0 Å². The molecule has 0 bridgehead atoms. The number of rotatable bonds is 3. The van der Waals surface area contributed by atoms with Gasteiger partial charge in [-0.25, -0.2) is 9.97 Å². The lowest BCUT2D eigenvalue weighted by molar-refractivity contribution is 1.08. The van der Waals surface area contributed by atoms with E-state index in [4.69, 9.17) is 9.97 Å². The van der Waals surface area contributed by atoms with Gasteiger partial charge in [-0.05, 0) is 47.2 Å². The van der Waals surface area contributed by atoms with Crippen LogP contribution in [0.4, 0.5) is 0 Å². The molecule has 38 heavy (non-hydrogen) atoms. The molecule has 0 aliphatic carbocycles. The van der Waals surface area contributed by atoms with Gasteiger partial charge in [0.1, 0.15) is 0 Å². The van der Waals surface area contributed by atoms with Crippen LogP contribution in [-0.4, -0.2) is 19.1 Å². The highest BCUT2D eigenvalue weighted by Gasteiger charge is 2.17. The lowest BCUT2D eigenvalue weighted by Crippen LogP contribution is -1.98. The third-order valence-electron chi connectivity index (χ3n) is 7.43. The Labute approximate surface area is 219 Å². The summed E-state index contributed by atoms with van der Waals surface area (Å²) in [6.45, 7) is 0. The van der Waals surface area contributed by atoms with Crippen LogP contribution in [0.2, 0.25) is 0 Å². The molecule has 4 heteroatoms. The molecule has 0 N–H and O–H groups in total. The average Bonchev–Trinajstić information content (AvgIpc) is 3.55. The van der Waals surface area contributed by atoms with Gasteiger partial charge in [0.15, 0.2) is 5.82 Å². The monoisotopic (exact) mass is 486 g/mol.